The predicted octanol–water partition coefficient (Wildman–Crippen LogP) is 3.76. The van der Waals surface area contributed by atoms with Crippen molar-refractivity contribution >= 4 is 28.8 Å². The smallest absolute Gasteiger partial charge is 0.417 e. The molecule has 168 valence electrons. The molecule has 0 radical (unpaired) electrons. The average Bonchev–Trinajstić information content (AvgIpc) is 3.34. The van der Waals surface area contributed by atoms with Crippen LogP contribution in [0.4, 0.5) is 13.2 Å². The van der Waals surface area contributed by atoms with Gasteiger partial charge < -0.3 is 14.2 Å². The van der Waals surface area contributed by atoms with Gasteiger partial charge in [0.2, 0.25) is 5.95 Å². The van der Waals surface area contributed by atoms with Gasteiger partial charge in [-0.1, -0.05) is 0 Å². The number of imidazole rings is 1. The molecule has 8 nitrogen and oxygen atoms in total. The molecular weight excluding hydrogens is 437 g/mol. The minimum absolute atomic E-state index is 0.00295. The van der Waals surface area contributed by atoms with E-state index in [4.69, 9.17) is 14.2 Å². The molecule has 0 aliphatic carbocycles. The van der Waals surface area contributed by atoms with Crippen molar-refractivity contribution < 1.29 is 32.2 Å². The van der Waals surface area contributed by atoms with Crippen LogP contribution in [0.3, 0.4) is 0 Å². The van der Waals surface area contributed by atoms with Gasteiger partial charge in [-0.3, -0.25) is 4.57 Å². The molecule has 1 aromatic carbocycles. The number of carbonyl (C=O) groups is 1. The molecule has 3 rings (SSSR count). The highest BCUT2D eigenvalue weighted by Gasteiger charge is 2.34. The molecule has 31 heavy (non-hydrogen) atoms. The zero-order chi connectivity index (χ0) is 22.6. The number of nitrogens with zero attached hydrogens (tertiary/aromatic N) is 4. The number of methoxy groups -OCH3 is 1. The lowest BCUT2D eigenvalue weighted by Crippen LogP contribution is -2.12. The summed E-state index contributed by atoms with van der Waals surface area (Å²) >= 11 is 0.991. The van der Waals surface area contributed by atoms with Crippen molar-refractivity contribution in [1.29, 1.82) is 0 Å². The van der Waals surface area contributed by atoms with Gasteiger partial charge in [0.25, 0.3) is 0 Å². The molecule has 0 aliphatic heterocycles. The predicted molar refractivity (Wildman–Crippen MR) is 107 cm³/mol. The van der Waals surface area contributed by atoms with Crippen molar-refractivity contribution in [2.75, 3.05) is 33.2 Å². The molecule has 0 unspecified atom stereocenters. The van der Waals surface area contributed by atoms with Gasteiger partial charge >= 0.3 is 12.1 Å². The lowest BCUT2D eigenvalue weighted by molar-refractivity contribution is -0.139. The third-order valence-corrected chi connectivity index (χ3v) is 5.08. The Morgan fingerprint density at radius 1 is 1.26 bits per heavy atom. The molecule has 0 bridgehead atoms. The summed E-state index contributed by atoms with van der Waals surface area (Å²) in [6.45, 7) is 2.51. The molecule has 2 heterocycles. The second-order valence-corrected chi connectivity index (χ2v) is 7.15. The van der Waals surface area contributed by atoms with Crippen LogP contribution >= 0.6 is 11.8 Å². The Labute approximate surface area is 180 Å². The molecule has 0 aliphatic rings. The average molecular weight is 458 g/mol. The number of aromatic nitrogens is 4. The Morgan fingerprint density at radius 2 is 2.03 bits per heavy atom. The van der Waals surface area contributed by atoms with E-state index in [1.165, 1.54) is 30.3 Å². The lowest BCUT2D eigenvalue weighted by Gasteiger charge is -2.13. The second kappa shape index (κ2) is 9.71. The number of rotatable bonds is 9. The fraction of sp³-hybridized carbons (Fsp3) is 0.421. The van der Waals surface area contributed by atoms with Crippen LogP contribution in [0.5, 0.6) is 0 Å². The van der Waals surface area contributed by atoms with E-state index in [0.29, 0.717) is 12.1 Å². The van der Waals surface area contributed by atoms with Crippen LogP contribution < -0.4 is 0 Å². The van der Waals surface area contributed by atoms with Crippen molar-refractivity contribution in [2.24, 2.45) is 0 Å². The normalized spacial score (nSPS) is 11.9. The maximum Gasteiger partial charge on any atom is 0.417 e. The Bertz CT molecular complexity index is 1060. The van der Waals surface area contributed by atoms with Gasteiger partial charge in [0.15, 0.2) is 0 Å². The number of ether oxygens (including phenoxy) is 3. The van der Waals surface area contributed by atoms with E-state index in [1.807, 2.05) is 0 Å². The SMILES string of the molecule is CCOC(=O)c1cnn(-c2nc3cc(C(F)(F)F)c(SC)cc3n2COCCOC)c1. The topological polar surface area (TPSA) is 80.4 Å². The maximum atomic E-state index is 13.5. The van der Waals surface area contributed by atoms with Gasteiger partial charge in [-0.15, -0.1) is 11.8 Å². The van der Waals surface area contributed by atoms with E-state index in [9.17, 15) is 18.0 Å². The summed E-state index contributed by atoms with van der Waals surface area (Å²) in [6.07, 6.45) is -0.229. The molecule has 0 atom stereocenters. The monoisotopic (exact) mass is 458 g/mol. The van der Waals surface area contributed by atoms with E-state index in [0.717, 1.165) is 17.8 Å². The van der Waals surface area contributed by atoms with Crippen LogP contribution in [0.2, 0.25) is 0 Å². The number of halogens is 3. The summed E-state index contributed by atoms with van der Waals surface area (Å²) in [5, 5.41) is 4.13. The molecule has 2 aromatic heterocycles. The summed E-state index contributed by atoms with van der Waals surface area (Å²) in [6, 6.07) is 2.43. The number of hydrogen-bond donors (Lipinski definition) is 0. The van der Waals surface area contributed by atoms with Crippen LogP contribution in [-0.2, 0) is 27.1 Å². The second-order valence-electron chi connectivity index (χ2n) is 6.30. The van der Waals surface area contributed by atoms with Crippen LogP contribution in [0, 0.1) is 0 Å². The van der Waals surface area contributed by atoms with Crippen LogP contribution in [-0.4, -0.2) is 58.5 Å². The summed E-state index contributed by atoms with van der Waals surface area (Å²) in [5.74, 6) is -0.355. The Kier molecular flexibility index (Phi) is 7.23. The Balaban J connectivity index is 2.11. The summed E-state index contributed by atoms with van der Waals surface area (Å²) in [7, 11) is 1.53. The number of hydrogen-bond acceptors (Lipinski definition) is 7. The van der Waals surface area contributed by atoms with Crippen molar-refractivity contribution in [3.05, 3.63) is 35.7 Å². The summed E-state index contributed by atoms with van der Waals surface area (Å²) < 4.78 is 58.9. The number of thioether (sulfide) groups is 1. The van der Waals surface area contributed by atoms with Gasteiger partial charge in [-0.25, -0.2) is 14.5 Å². The minimum atomic E-state index is -4.52. The minimum Gasteiger partial charge on any atom is -0.462 e. The standard InChI is InChI=1S/C19H21F3N4O4S/c1-4-30-17(27)12-9-23-26(10-12)18-24-14-7-13(19(20,21)22)16(31-3)8-15(14)25(18)11-29-6-5-28-2/h7-10H,4-6,11H2,1-3H3. The summed E-state index contributed by atoms with van der Waals surface area (Å²) in [4.78, 5) is 16.4. The number of carbonyl (C=O) groups excluding carboxylic acids is 1. The van der Waals surface area contributed by atoms with Crippen LogP contribution in [0.1, 0.15) is 22.8 Å². The van der Waals surface area contributed by atoms with E-state index < -0.39 is 17.7 Å². The van der Waals surface area contributed by atoms with E-state index in [1.54, 1.807) is 17.7 Å². The van der Waals surface area contributed by atoms with Gasteiger partial charge in [0.05, 0.1) is 48.2 Å². The fourth-order valence-corrected chi connectivity index (χ4v) is 3.51. The highest BCUT2D eigenvalue weighted by atomic mass is 32.2. The molecular formula is C19H21F3N4O4S. The molecule has 12 heteroatoms. The van der Waals surface area contributed by atoms with Gasteiger partial charge in [-0.2, -0.15) is 18.3 Å². The quantitative estimate of drug-likeness (QED) is 0.274. The highest BCUT2D eigenvalue weighted by Crippen LogP contribution is 2.38. The van der Waals surface area contributed by atoms with E-state index in [2.05, 4.69) is 10.1 Å². The number of alkyl halides is 3. The van der Waals surface area contributed by atoms with E-state index in [-0.39, 0.29) is 41.9 Å². The molecule has 3 aromatic rings. The van der Waals surface area contributed by atoms with Gasteiger partial charge in [0.1, 0.15) is 6.73 Å². The third kappa shape index (κ3) is 5.02. The molecule has 0 fully saturated rings. The third-order valence-electron chi connectivity index (χ3n) is 4.31. The van der Waals surface area contributed by atoms with Crippen molar-refractivity contribution in [3.63, 3.8) is 0 Å². The largest absolute Gasteiger partial charge is 0.462 e. The lowest BCUT2D eigenvalue weighted by atomic mass is 10.2. The van der Waals surface area contributed by atoms with Crippen LogP contribution in [0.15, 0.2) is 29.4 Å². The number of fused-ring (bicyclic) bond motifs is 1. The van der Waals surface area contributed by atoms with Crippen molar-refractivity contribution in [1.82, 2.24) is 19.3 Å². The molecule has 0 amide bonds. The van der Waals surface area contributed by atoms with Gasteiger partial charge in [-0.05, 0) is 25.3 Å². The first-order chi connectivity index (χ1) is 14.8. The van der Waals surface area contributed by atoms with Crippen molar-refractivity contribution in [2.45, 2.75) is 24.7 Å². The zero-order valence-electron chi connectivity index (χ0n) is 17.1. The summed E-state index contributed by atoms with van der Waals surface area (Å²) in [5.41, 5.74) is -0.000164. The Morgan fingerprint density at radius 3 is 2.68 bits per heavy atom. The molecule has 0 spiro atoms. The van der Waals surface area contributed by atoms with Crippen LogP contribution in [0.25, 0.3) is 17.0 Å². The maximum absolute atomic E-state index is 13.5. The molecule has 0 saturated heterocycles. The first-order valence-corrected chi connectivity index (χ1v) is 10.5. The zero-order valence-corrected chi connectivity index (χ0v) is 17.9. The molecule has 0 N–H and O–H groups in total. The fourth-order valence-electron chi connectivity index (χ4n) is 2.88. The van der Waals surface area contributed by atoms with E-state index >= 15 is 0 Å². The first-order valence-electron chi connectivity index (χ1n) is 9.24. The number of benzene rings is 1. The first kappa shape index (κ1) is 23.1. The van der Waals surface area contributed by atoms with Gasteiger partial charge in [0, 0.05) is 18.2 Å². The Hall–Kier alpha value is -2.57. The van der Waals surface area contributed by atoms with Crippen molar-refractivity contribution in [3.8, 4) is 5.95 Å². The molecule has 0 saturated carbocycles. The highest BCUT2D eigenvalue weighted by molar-refractivity contribution is 7.98. The number of esters is 1.